The van der Waals surface area contributed by atoms with Gasteiger partial charge in [0, 0.05) is 0 Å². The van der Waals surface area contributed by atoms with Crippen molar-refractivity contribution in [1.82, 2.24) is 0 Å². The molecule has 0 spiro atoms. The summed E-state index contributed by atoms with van der Waals surface area (Å²) in [6, 6.07) is 29.2. The molecule has 12 nitrogen and oxygen atoms in total. The van der Waals surface area contributed by atoms with E-state index in [2.05, 4.69) is 51.1 Å². The highest BCUT2D eigenvalue weighted by atomic mass is 19.4. The summed E-state index contributed by atoms with van der Waals surface area (Å²) in [6.45, 7) is 3.60. The minimum atomic E-state index is -4.73. The normalized spacial score (nSPS) is 12.6. The van der Waals surface area contributed by atoms with Crippen LogP contribution in [0.3, 0.4) is 0 Å². The Labute approximate surface area is 325 Å². The quantitative estimate of drug-likeness (QED) is 0.104. The number of phenols is 2. The van der Waals surface area contributed by atoms with Gasteiger partial charge in [-0.1, -0.05) is 0 Å². The molecular weight excluding hydrogens is 766 g/mol. The van der Waals surface area contributed by atoms with E-state index in [1.54, 1.807) is 91.9 Å². The topological polar surface area (TPSA) is 164 Å². The molecule has 6 aromatic carbocycles. The maximum atomic E-state index is 13.1. The molecule has 0 saturated carbocycles. The van der Waals surface area contributed by atoms with E-state index in [0.29, 0.717) is 57.1 Å². The van der Waals surface area contributed by atoms with Crippen LogP contribution in [0.5, 0.6) is 11.5 Å². The first-order valence-electron chi connectivity index (χ1n) is 16.9. The van der Waals surface area contributed by atoms with Gasteiger partial charge in [-0.25, -0.2) is 0 Å². The molecular formula is C40H28F6N10O2. The highest BCUT2D eigenvalue weighted by Crippen LogP contribution is 2.40. The average Bonchev–Trinajstić information content (AvgIpc) is 3.18. The molecule has 58 heavy (non-hydrogen) atoms. The second kappa shape index (κ2) is 17.1. The second-order valence-electron chi connectivity index (χ2n) is 12.4. The molecule has 0 aromatic heterocycles. The molecule has 0 bridgehead atoms. The van der Waals surface area contributed by atoms with Gasteiger partial charge < -0.3 is 10.2 Å². The van der Waals surface area contributed by atoms with Gasteiger partial charge in [0.15, 0.2) is 0 Å². The number of nitrogens with zero attached hydrogens (tertiary/aromatic N) is 10. The third-order valence-electron chi connectivity index (χ3n) is 8.02. The second-order valence-corrected chi connectivity index (χ2v) is 12.4. The van der Waals surface area contributed by atoms with E-state index in [1.807, 2.05) is 6.92 Å². The zero-order valence-electron chi connectivity index (χ0n) is 30.2. The molecule has 18 heteroatoms. The van der Waals surface area contributed by atoms with Gasteiger partial charge in [0.25, 0.3) is 0 Å². The minimum Gasteiger partial charge on any atom is -0.507 e. The van der Waals surface area contributed by atoms with Crippen molar-refractivity contribution in [3.05, 3.63) is 144 Å². The largest absolute Gasteiger partial charge is 0.507 e. The zero-order chi connectivity index (χ0) is 41.5. The smallest absolute Gasteiger partial charge is 0.420 e. The van der Waals surface area contributed by atoms with Crippen LogP contribution in [0.1, 0.15) is 22.3 Å². The fourth-order valence-electron chi connectivity index (χ4n) is 5.00. The number of alkyl halides is 6. The predicted octanol–water partition coefficient (Wildman–Crippen LogP) is 15.8. The summed E-state index contributed by atoms with van der Waals surface area (Å²) in [5.41, 5.74) is 3.02. The van der Waals surface area contributed by atoms with Crippen molar-refractivity contribution in [2.75, 3.05) is 0 Å². The average molecular weight is 795 g/mol. The molecule has 0 aliphatic rings. The van der Waals surface area contributed by atoms with Crippen LogP contribution in [0.2, 0.25) is 0 Å². The van der Waals surface area contributed by atoms with E-state index in [9.17, 15) is 36.6 Å². The molecule has 0 atom stereocenters. The Balaban J connectivity index is 1.02. The Morgan fingerprint density at radius 1 is 0.328 bits per heavy atom. The van der Waals surface area contributed by atoms with E-state index in [4.69, 9.17) is 0 Å². The van der Waals surface area contributed by atoms with Gasteiger partial charge >= 0.3 is 12.4 Å². The van der Waals surface area contributed by atoms with Gasteiger partial charge in [-0.2, -0.15) is 77.5 Å². The minimum absolute atomic E-state index is 0.0674. The highest BCUT2D eigenvalue weighted by molar-refractivity contribution is 5.57. The van der Waals surface area contributed by atoms with E-state index in [0.717, 1.165) is 23.8 Å². The lowest BCUT2D eigenvalue weighted by molar-refractivity contribution is -0.139. The zero-order valence-corrected chi connectivity index (χ0v) is 30.2. The molecule has 0 aliphatic heterocycles. The molecule has 2 N–H and O–H groups in total. The van der Waals surface area contributed by atoms with E-state index in [-0.39, 0.29) is 11.4 Å². The first-order valence-corrected chi connectivity index (χ1v) is 16.9. The SMILES string of the molecule is Cc1cc(N=Nc2ccc(N=Nc3ccc(O)c(C(F)(F)F)c3)cc2)ccc1N=Nc1ccc(N=Nc2ccc(N=Nc3ccc(O)c(C(F)(F)F)c3)c(C)c2)cc1. The molecule has 0 unspecified atom stereocenters. The van der Waals surface area contributed by atoms with E-state index < -0.39 is 35.0 Å². The van der Waals surface area contributed by atoms with Crippen LogP contribution in [-0.2, 0) is 12.4 Å². The molecule has 0 heterocycles. The number of aromatic hydroxyl groups is 2. The molecule has 0 aliphatic carbocycles. The molecule has 6 aromatic rings. The van der Waals surface area contributed by atoms with Crippen LogP contribution in [0, 0.1) is 13.8 Å². The van der Waals surface area contributed by atoms with Crippen LogP contribution in [0.4, 0.5) is 83.2 Å². The molecule has 0 radical (unpaired) electrons. The van der Waals surface area contributed by atoms with Crippen LogP contribution in [0.15, 0.2) is 172 Å². The Kier molecular flexibility index (Phi) is 11.8. The van der Waals surface area contributed by atoms with Crippen molar-refractivity contribution in [3.63, 3.8) is 0 Å². The first kappa shape index (κ1) is 40.2. The fraction of sp³-hybridized carbons (Fsp3) is 0.100. The van der Waals surface area contributed by atoms with Gasteiger partial charge in [0.2, 0.25) is 0 Å². The summed E-state index contributed by atoms with van der Waals surface area (Å²) in [5, 5.41) is 60.2. The summed E-state index contributed by atoms with van der Waals surface area (Å²) < 4.78 is 78.4. The standard InChI is InChI=1S/C40H28F6N10O2/c1-23-19-29(51-47-25-3-5-27(6-4-25)49-53-31-13-17-37(57)33(21-31)39(41,42)43)11-15-35(23)55-50-28-9-7-26(8-10-28)48-52-30-12-16-36(24(2)20-30)56-54-32-14-18-38(58)34(22-32)40(44,45)46/h3-22,57-58H,1-2H3. The Bertz CT molecular complexity index is 2590. The fourth-order valence-corrected chi connectivity index (χ4v) is 5.00. The van der Waals surface area contributed by atoms with Gasteiger partial charge in [-0.3, -0.25) is 0 Å². The van der Waals surface area contributed by atoms with Gasteiger partial charge in [-0.05, 0) is 146 Å². The van der Waals surface area contributed by atoms with E-state index in [1.165, 1.54) is 12.1 Å². The van der Waals surface area contributed by atoms with Crippen LogP contribution in [-0.4, -0.2) is 10.2 Å². The number of halogens is 6. The third kappa shape index (κ3) is 10.6. The lowest BCUT2D eigenvalue weighted by atomic mass is 10.1. The predicted molar refractivity (Wildman–Crippen MR) is 202 cm³/mol. The summed E-state index contributed by atoms with van der Waals surface area (Å²) >= 11 is 0. The first-order chi connectivity index (χ1) is 27.6. The number of benzene rings is 6. The Hall–Kier alpha value is -7.50. The van der Waals surface area contributed by atoms with Crippen molar-refractivity contribution in [2.24, 2.45) is 51.1 Å². The summed E-state index contributed by atoms with van der Waals surface area (Å²) in [4.78, 5) is 0. The summed E-state index contributed by atoms with van der Waals surface area (Å²) in [7, 11) is 0. The Morgan fingerprint density at radius 3 is 0.879 bits per heavy atom. The van der Waals surface area contributed by atoms with Crippen LogP contribution < -0.4 is 0 Å². The number of hydrogen-bond acceptors (Lipinski definition) is 12. The third-order valence-corrected chi connectivity index (χ3v) is 8.02. The number of azo groups is 5. The molecule has 0 amide bonds. The number of hydrogen-bond donors (Lipinski definition) is 2. The summed E-state index contributed by atoms with van der Waals surface area (Å²) in [6.07, 6.45) is -9.46. The monoisotopic (exact) mass is 794 g/mol. The number of phenolic OH excluding ortho intramolecular Hbond substituents is 2. The highest BCUT2D eigenvalue weighted by Gasteiger charge is 2.35. The van der Waals surface area contributed by atoms with Gasteiger partial charge in [0.05, 0.1) is 68.0 Å². The Morgan fingerprint density at radius 2 is 0.569 bits per heavy atom. The van der Waals surface area contributed by atoms with E-state index >= 15 is 0 Å². The van der Waals surface area contributed by atoms with Gasteiger partial charge in [0.1, 0.15) is 11.5 Å². The van der Waals surface area contributed by atoms with Crippen molar-refractivity contribution >= 4 is 56.9 Å². The van der Waals surface area contributed by atoms with Crippen molar-refractivity contribution in [2.45, 2.75) is 26.2 Å². The molecule has 0 saturated heterocycles. The molecule has 6 rings (SSSR count). The summed E-state index contributed by atoms with van der Waals surface area (Å²) in [5.74, 6) is -1.78. The number of aryl methyl sites for hydroxylation is 2. The maximum absolute atomic E-state index is 13.1. The van der Waals surface area contributed by atoms with Gasteiger partial charge in [-0.15, -0.1) is 0 Å². The lowest BCUT2D eigenvalue weighted by Crippen LogP contribution is -2.04. The van der Waals surface area contributed by atoms with Crippen LogP contribution in [0.25, 0.3) is 0 Å². The van der Waals surface area contributed by atoms with Crippen LogP contribution >= 0.6 is 0 Å². The molecule has 292 valence electrons. The lowest BCUT2D eigenvalue weighted by Gasteiger charge is -2.08. The number of rotatable bonds is 10. The maximum Gasteiger partial charge on any atom is 0.420 e. The van der Waals surface area contributed by atoms with Crippen molar-refractivity contribution in [1.29, 1.82) is 0 Å². The van der Waals surface area contributed by atoms with Crippen molar-refractivity contribution in [3.8, 4) is 11.5 Å². The van der Waals surface area contributed by atoms with Crippen molar-refractivity contribution < 1.29 is 36.6 Å². The molecule has 0 fully saturated rings.